The van der Waals surface area contributed by atoms with Crippen molar-refractivity contribution in [2.24, 2.45) is 0 Å². The Balaban J connectivity index is 1.82. The minimum Gasteiger partial charge on any atom is -0.268 e. The van der Waals surface area contributed by atoms with Gasteiger partial charge in [0.25, 0.3) is 5.56 Å². The highest BCUT2D eigenvalue weighted by atomic mass is 127. The number of halogens is 1. The molecule has 150 valence electrons. The van der Waals surface area contributed by atoms with E-state index in [1.165, 1.54) is 5.56 Å². The van der Waals surface area contributed by atoms with Gasteiger partial charge in [-0.2, -0.15) is 0 Å². The third-order valence-electron chi connectivity index (χ3n) is 5.33. The first-order valence-electron chi connectivity index (χ1n) is 10.1. The molecule has 31 heavy (non-hydrogen) atoms. The Morgan fingerprint density at radius 3 is 2.52 bits per heavy atom. The molecule has 4 aromatic carbocycles. The van der Waals surface area contributed by atoms with Crippen LogP contribution in [0.25, 0.3) is 39.5 Å². The van der Waals surface area contributed by atoms with Crippen LogP contribution in [0.4, 0.5) is 0 Å². The monoisotopic (exact) mass is 514 g/mol. The van der Waals surface area contributed by atoms with Gasteiger partial charge in [0.05, 0.1) is 16.6 Å². The maximum atomic E-state index is 13.7. The molecule has 0 bridgehead atoms. The summed E-state index contributed by atoms with van der Waals surface area (Å²) in [7, 11) is 0. The highest BCUT2D eigenvalue weighted by Gasteiger charge is 2.13. The second kappa shape index (κ2) is 8.12. The van der Waals surface area contributed by atoms with Crippen LogP contribution < -0.4 is 5.56 Å². The molecule has 0 aliphatic heterocycles. The fourth-order valence-corrected chi connectivity index (χ4v) is 4.36. The van der Waals surface area contributed by atoms with E-state index in [1.54, 1.807) is 4.57 Å². The van der Waals surface area contributed by atoms with E-state index >= 15 is 0 Å². The van der Waals surface area contributed by atoms with E-state index in [0.717, 1.165) is 25.6 Å². The van der Waals surface area contributed by atoms with Gasteiger partial charge < -0.3 is 0 Å². The summed E-state index contributed by atoms with van der Waals surface area (Å²) < 4.78 is 2.74. The Morgan fingerprint density at radius 2 is 1.65 bits per heavy atom. The van der Waals surface area contributed by atoms with Crippen molar-refractivity contribution in [3.05, 3.63) is 116 Å². The average molecular weight is 514 g/mol. The summed E-state index contributed by atoms with van der Waals surface area (Å²) in [6.07, 6.45) is 3.93. The van der Waals surface area contributed by atoms with E-state index in [1.807, 2.05) is 72.8 Å². The summed E-state index contributed by atoms with van der Waals surface area (Å²) in [4.78, 5) is 18.6. The molecule has 0 spiro atoms. The molecule has 0 atom stereocenters. The van der Waals surface area contributed by atoms with Crippen molar-refractivity contribution in [2.75, 3.05) is 0 Å². The van der Waals surface area contributed by atoms with Gasteiger partial charge in [-0.1, -0.05) is 72.3 Å². The Hall–Kier alpha value is -3.25. The molecule has 0 aliphatic rings. The molecule has 5 rings (SSSR count). The predicted octanol–water partition coefficient (Wildman–Crippen LogP) is 6.62. The second-order valence-electron chi connectivity index (χ2n) is 7.52. The van der Waals surface area contributed by atoms with E-state index in [-0.39, 0.29) is 5.56 Å². The number of hydrogen-bond donors (Lipinski definition) is 0. The lowest BCUT2D eigenvalue weighted by molar-refractivity contribution is 0.951. The van der Waals surface area contributed by atoms with Crippen molar-refractivity contribution in [3.63, 3.8) is 0 Å². The average Bonchev–Trinajstić information content (AvgIpc) is 2.78. The molecule has 0 radical (unpaired) electrons. The zero-order valence-electron chi connectivity index (χ0n) is 16.9. The minimum absolute atomic E-state index is 0.0660. The lowest BCUT2D eigenvalue weighted by atomic mass is 10.1. The number of aromatic nitrogens is 2. The fourth-order valence-electron chi connectivity index (χ4n) is 3.87. The van der Waals surface area contributed by atoms with Crippen molar-refractivity contribution in [3.8, 4) is 5.69 Å². The summed E-state index contributed by atoms with van der Waals surface area (Å²) >= 11 is 2.23. The predicted molar refractivity (Wildman–Crippen MR) is 138 cm³/mol. The Bertz CT molecular complexity index is 1530. The molecule has 0 fully saturated rings. The lowest BCUT2D eigenvalue weighted by Crippen LogP contribution is -2.22. The quantitative estimate of drug-likeness (QED) is 0.254. The van der Waals surface area contributed by atoms with Crippen LogP contribution in [0.1, 0.15) is 17.0 Å². The molecule has 0 saturated heterocycles. The molecule has 3 nitrogen and oxygen atoms in total. The molecule has 0 aliphatic carbocycles. The number of fused-ring (bicyclic) bond motifs is 2. The van der Waals surface area contributed by atoms with Crippen LogP contribution in [0.5, 0.6) is 0 Å². The first kappa shape index (κ1) is 19.7. The van der Waals surface area contributed by atoms with Crippen molar-refractivity contribution in [1.29, 1.82) is 0 Å². The maximum Gasteiger partial charge on any atom is 0.266 e. The highest BCUT2D eigenvalue weighted by molar-refractivity contribution is 14.1. The van der Waals surface area contributed by atoms with Gasteiger partial charge in [0.2, 0.25) is 0 Å². The smallest absolute Gasteiger partial charge is 0.266 e. The molecule has 0 unspecified atom stereocenters. The summed E-state index contributed by atoms with van der Waals surface area (Å²) in [6.45, 7) is 2.07. The molecular weight excluding hydrogens is 495 g/mol. The normalized spacial score (nSPS) is 11.5. The molecule has 1 heterocycles. The molecular formula is C27H19IN2O. The standard InChI is InChI=1S/C27H19IN2O/c1-18-6-4-7-19(16-18)12-15-26-29-24-14-13-21(28)17-23(24)27(31)30(26)25-11-5-9-20-8-2-3-10-22(20)25/h2-17H,1H3/b15-12+. The van der Waals surface area contributed by atoms with Crippen molar-refractivity contribution < 1.29 is 0 Å². The van der Waals surface area contributed by atoms with E-state index in [9.17, 15) is 4.79 Å². The highest BCUT2D eigenvalue weighted by Crippen LogP contribution is 2.24. The molecule has 4 heteroatoms. The van der Waals surface area contributed by atoms with Gasteiger partial charge in [0, 0.05) is 8.96 Å². The Labute approximate surface area is 193 Å². The SMILES string of the molecule is Cc1cccc(/C=C/c2nc3ccc(I)cc3c(=O)n2-c2cccc3ccccc23)c1. The van der Waals surface area contributed by atoms with Gasteiger partial charge in [0.1, 0.15) is 5.82 Å². The van der Waals surface area contributed by atoms with Gasteiger partial charge in [0.15, 0.2) is 0 Å². The number of nitrogens with zero attached hydrogens (tertiary/aromatic N) is 2. The first-order valence-corrected chi connectivity index (χ1v) is 11.1. The number of benzene rings is 4. The zero-order chi connectivity index (χ0) is 21.4. The minimum atomic E-state index is -0.0660. The lowest BCUT2D eigenvalue weighted by Gasteiger charge is -2.14. The Morgan fingerprint density at radius 1 is 0.839 bits per heavy atom. The van der Waals surface area contributed by atoms with Gasteiger partial charge in [-0.3, -0.25) is 9.36 Å². The summed E-state index contributed by atoms with van der Waals surface area (Å²) in [5.74, 6) is 0.608. The van der Waals surface area contributed by atoms with Gasteiger partial charge in [-0.15, -0.1) is 0 Å². The van der Waals surface area contributed by atoms with Crippen LogP contribution in [0.15, 0.2) is 89.7 Å². The third kappa shape index (κ3) is 3.79. The van der Waals surface area contributed by atoms with Crippen molar-refractivity contribution >= 4 is 56.4 Å². The van der Waals surface area contributed by atoms with Crippen LogP contribution in [-0.2, 0) is 0 Å². The van der Waals surface area contributed by atoms with E-state index in [2.05, 4.69) is 53.8 Å². The van der Waals surface area contributed by atoms with Crippen LogP contribution in [-0.4, -0.2) is 9.55 Å². The summed E-state index contributed by atoms with van der Waals surface area (Å²) in [5.41, 5.74) is 3.73. The molecule has 0 saturated carbocycles. The molecule has 5 aromatic rings. The van der Waals surface area contributed by atoms with Crippen LogP contribution in [0.2, 0.25) is 0 Å². The van der Waals surface area contributed by atoms with Gasteiger partial charge >= 0.3 is 0 Å². The van der Waals surface area contributed by atoms with Gasteiger partial charge in [-0.25, -0.2) is 4.98 Å². The van der Waals surface area contributed by atoms with Crippen LogP contribution in [0, 0.1) is 10.5 Å². The number of aryl methyl sites for hydroxylation is 1. The topological polar surface area (TPSA) is 34.9 Å². The summed E-state index contributed by atoms with van der Waals surface area (Å²) in [6, 6.07) is 28.2. The zero-order valence-corrected chi connectivity index (χ0v) is 19.1. The van der Waals surface area contributed by atoms with Crippen molar-refractivity contribution in [1.82, 2.24) is 9.55 Å². The third-order valence-corrected chi connectivity index (χ3v) is 6.00. The Kier molecular flexibility index (Phi) is 5.16. The van der Waals surface area contributed by atoms with E-state index in [0.29, 0.717) is 16.7 Å². The van der Waals surface area contributed by atoms with E-state index < -0.39 is 0 Å². The second-order valence-corrected chi connectivity index (χ2v) is 8.76. The maximum absolute atomic E-state index is 13.7. The van der Waals surface area contributed by atoms with Gasteiger partial charge in [-0.05, 0) is 70.8 Å². The van der Waals surface area contributed by atoms with Crippen LogP contribution >= 0.6 is 22.6 Å². The molecule has 0 N–H and O–H groups in total. The molecule has 0 amide bonds. The largest absolute Gasteiger partial charge is 0.268 e. The number of rotatable bonds is 3. The first-order chi connectivity index (χ1) is 15.1. The van der Waals surface area contributed by atoms with E-state index in [4.69, 9.17) is 4.98 Å². The number of hydrogen-bond acceptors (Lipinski definition) is 2. The molecule has 1 aromatic heterocycles. The summed E-state index contributed by atoms with van der Waals surface area (Å²) in [5, 5.41) is 2.72. The van der Waals surface area contributed by atoms with Crippen molar-refractivity contribution in [2.45, 2.75) is 6.92 Å². The van der Waals surface area contributed by atoms with Crippen LogP contribution in [0.3, 0.4) is 0 Å². The fraction of sp³-hybridized carbons (Fsp3) is 0.0370.